The lowest BCUT2D eigenvalue weighted by molar-refractivity contribution is -0.139. The predicted molar refractivity (Wildman–Crippen MR) is 158 cm³/mol. The lowest BCUT2D eigenvalue weighted by Crippen LogP contribution is -2.47. The van der Waals surface area contributed by atoms with Gasteiger partial charge in [-0.05, 0) is 98.5 Å². The standard InChI is InChI=1S/C33H41N3O5/c1-21-18-34-29-6-5-23(16-26(21)29)25-15-24-7-10-35(31(37)22-8-12-39-13-9-22)19-28(24)27(17-25)30-20-40-14-11-36(30)32(38)41-33(2,3)4/h5-6,15-18,22,30,34H,7-14,19-20H2,1-4H3/t30-/m0/s1. The monoisotopic (exact) mass is 559 g/mol. The van der Waals surface area contributed by atoms with Gasteiger partial charge in [0.15, 0.2) is 0 Å². The van der Waals surface area contributed by atoms with Crippen molar-refractivity contribution in [1.29, 1.82) is 0 Å². The van der Waals surface area contributed by atoms with Gasteiger partial charge >= 0.3 is 6.09 Å². The quantitative estimate of drug-likeness (QED) is 0.441. The van der Waals surface area contributed by atoms with E-state index >= 15 is 0 Å². The van der Waals surface area contributed by atoms with Crippen LogP contribution < -0.4 is 0 Å². The summed E-state index contributed by atoms with van der Waals surface area (Å²) in [6.07, 6.45) is 4.03. The lowest BCUT2D eigenvalue weighted by Gasteiger charge is -2.40. The summed E-state index contributed by atoms with van der Waals surface area (Å²) < 4.78 is 17.3. The summed E-state index contributed by atoms with van der Waals surface area (Å²) in [6, 6.07) is 10.7. The van der Waals surface area contributed by atoms with Gasteiger partial charge in [-0.15, -0.1) is 0 Å². The van der Waals surface area contributed by atoms with Gasteiger partial charge in [0.25, 0.3) is 0 Å². The van der Waals surface area contributed by atoms with E-state index in [1.807, 2.05) is 36.8 Å². The van der Waals surface area contributed by atoms with Crippen LogP contribution in [0.1, 0.15) is 61.9 Å². The van der Waals surface area contributed by atoms with Crippen LogP contribution in [0.3, 0.4) is 0 Å². The van der Waals surface area contributed by atoms with Gasteiger partial charge in [0.1, 0.15) is 5.60 Å². The van der Waals surface area contributed by atoms with Crippen molar-refractivity contribution in [2.75, 3.05) is 39.5 Å². The number of hydrogen-bond donors (Lipinski definition) is 1. The molecule has 0 aliphatic carbocycles. The van der Waals surface area contributed by atoms with E-state index in [0.29, 0.717) is 46.1 Å². The third kappa shape index (κ3) is 5.72. The largest absolute Gasteiger partial charge is 0.444 e. The highest BCUT2D eigenvalue weighted by atomic mass is 16.6. The summed E-state index contributed by atoms with van der Waals surface area (Å²) in [7, 11) is 0. The van der Waals surface area contributed by atoms with Crippen molar-refractivity contribution in [2.24, 2.45) is 5.92 Å². The zero-order valence-corrected chi connectivity index (χ0v) is 24.6. The van der Waals surface area contributed by atoms with Gasteiger partial charge < -0.3 is 24.1 Å². The summed E-state index contributed by atoms with van der Waals surface area (Å²) in [5.41, 5.74) is 7.36. The fourth-order valence-corrected chi connectivity index (χ4v) is 6.39. The SMILES string of the molecule is Cc1c[nH]c2ccc(-c3cc4c(c([C@@H]5COCCN5C(=O)OC(C)(C)C)c3)CN(C(=O)C3CCOCC3)CC4)cc12. The van der Waals surface area contributed by atoms with Crippen LogP contribution in [-0.4, -0.2) is 71.9 Å². The van der Waals surface area contributed by atoms with Crippen LogP contribution in [0.25, 0.3) is 22.0 Å². The van der Waals surface area contributed by atoms with Crippen molar-refractivity contribution in [2.45, 2.75) is 65.1 Å². The topological polar surface area (TPSA) is 84.1 Å². The molecule has 0 saturated carbocycles. The molecule has 41 heavy (non-hydrogen) atoms. The van der Waals surface area contributed by atoms with Crippen molar-refractivity contribution >= 4 is 22.9 Å². The maximum atomic E-state index is 13.6. The molecule has 0 spiro atoms. The van der Waals surface area contributed by atoms with Gasteiger partial charge in [0, 0.05) is 55.9 Å². The van der Waals surface area contributed by atoms with Gasteiger partial charge in [-0.2, -0.15) is 0 Å². The maximum Gasteiger partial charge on any atom is 0.410 e. The first-order chi connectivity index (χ1) is 19.7. The number of nitrogens with one attached hydrogen (secondary N) is 1. The molecule has 0 radical (unpaired) electrons. The number of carbonyl (C=O) groups is 2. The van der Waals surface area contributed by atoms with E-state index < -0.39 is 5.60 Å². The first-order valence-corrected chi connectivity index (χ1v) is 14.9. The van der Waals surface area contributed by atoms with Gasteiger partial charge in [-0.25, -0.2) is 4.79 Å². The maximum absolute atomic E-state index is 13.6. The Morgan fingerprint density at radius 3 is 2.59 bits per heavy atom. The van der Waals surface area contributed by atoms with Crippen LogP contribution in [0.2, 0.25) is 0 Å². The molecule has 3 aromatic rings. The smallest absolute Gasteiger partial charge is 0.410 e. The summed E-state index contributed by atoms with van der Waals surface area (Å²) in [6.45, 7) is 11.6. The van der Waals surface area contributed by atoms with Crippen molar-refractivity contribution in [1.82, 2.24) is 14.8 Å². The molecule has 2 fully saturated rings. The number of rotatable bonds is 3. The van der Waals surface area contributed by atoms with Crippen LogP contribution in [0.4, 0.5) is 4.79 Å². The molecule has 0 bridgehead atoms. The normalized spacial score (nSPS) is 20.2. The number of hydrogen-bond acceptors (Lipinski definition) is 5. The zero-order valence-electron chi connectivity index (χ0n) is 24.6. The highest BCUT2D eigenvalue weighted by molar-refractivity contribution is 5.88. The fourth-order valence-electron chi connectivity index (χ4n) is 6.39. The van der Waals surface area contributed by atoms with Crippen LogP contribution in [0.5, 0.6) is 0 Å². The van der Waals surface area contributed by atoms with E-state index in [2.05, 4.69) is 42.2 Å². The van der Waals surface area contributed by atoms with Crippen molar-refractivity contribution in [3.05, 3.63) is 58.8 Å². The molecule has 2 saturated heterocycles. The average Bonchev–Trinajstić information content (AvgIpc) is 3.35. The third-order valence-electron chi connectivity index (χ3n) is 8.60. The number of ether oxygens (including phenoxy) is 3. The Balaban J connectivity index is 1.41. The molecule has 2 aromatic carbocycles. The van der Waals surface area contributed by atoms with Crippen molar-refractivity contribution in [3.8, 4) is 11.1 Å². The second-order valence-electron chi connectivity index (χ2n) is 12.6. The van der Waals surface area contributed by atoms with E-state index in [4.69, 9.17) is 14.2 Å². The van der Waals surface area contributed by atoms with E-state index in [9.17, 15) is 9.59 Å². The number of H-pyrrole nitrogens is 1. The Morgan fingerprint density at radius 1 is 1.00 bits per heavy atom. The highest BCUT2D eigenvalue weighted by Crippen LogP contribution is 2.38. The molecular weight excluding hydrogens is 518 g/mol. The number of aryl methyl sites for hydroxylation is 1. The first kappa shape index (κ1) is 27.8. The number of aromatic nitrogens is 1. The molecule has 3 aliphatic heterocycles. The Kier molecular flexibility index (Phi) is 7.55. The van der Waals surface area contributed by atoms with E-state index in [1.165, 1.54) is 16.5 Å². The first-order valence-electron chi connectivity index (χ1n) is 14.9. The minimum atomic E-state index is -0.599. The van der Waals surface area contributed by atoms with Gasteiger partial charge in [0.2, 0.25) is 5.91 Å². The summed E-state index contributed by atoms with van der Waals surface area (Å²) in [5.74, 6) is 0.229. The van der Waals surface area contributed by atoms with E-state index in [0.717, 1.165) is 47.0 Å². The van der Waals surface area contributed by atoms with E-state index in [-0.39, 0.29) is 24.0 Å². The second-order valence-corrected chi connectivity index (χ2v) is 12.6. The minimum Gasteiger partial charge on any atom is -0.444 e. The Hall–Kier alpha value is -3.36. The van der Waals surface area contributed by atoms with Crippen LogP contribution in [0, 0.1) is 12.8 Å². The summed E-state index contributed by atoms with van der Waals surface area (Å²) in [5, 5.41) is 1.20. The molecule has 6 rings (SSSR count). The molecule has 8 nitrogen and oxygen atoms in total. The number of aromatic amines is 1. The van der Waals surface area contributed by atoms with Crippen LogP contribution >= 0.6 is 0 Å². The minimum absolute atomic E-state index is 0.0145. The Labute approximate surface area is 241 Å². The second kappa shape index (κ2) is 11.1. The molecule has 1 atom stereocenters. The molecule has 1 aromatic heterocycles. The molecule has 4 heterocycles. The van der Waals surface area contributed by atoms with E-state index in [1.54, 1.807) is 0 Å². The third-order valence-corrected chi connectivity index (χ3v) is 8.60. The molecule has 3 aliphatic rings. The van der Waals surface area contributed by atoms with Gasteiger partial charge in [-0.1, -0.05) is 12.1 Å². The average molecular weight is 560 g/mol. The molecule has 1 N–H and O–H groups in total. The number of amides is 2. The summed E-state index contributed by atoms with van der Waals surface area (Å²) in [4.78, 5) is 34.1. The number of carbonyl (C=O) groups excluding carboxylic acids is 2. The highest BCUT2D eigenvalue weighted by Gasteiger charge is 2.36. The molecule has 218 valence electrons. The molecule has 8 heteroatoms. The number of nitrogens with zero attached hydrogens (tertiary/aromatic N) is 2. The summed E-state index contributed by atoms with van der Waals surface area (Å²) >= 11 is 0. The zero-order chi connectivity index (χ0) is 28.7. The Bertz CT molecular complexity index is 1450. The number of fused-ring (bicyclic) bond motifs is 2. The molecule has 0 unspecified atom stereocenters. The van der Waals surface area contributed by atoms with Crippen molar-refractivity contribution < 1.29 is 23.8 Å². The number of morpholine rings is 1. The van der Waals surface area contributed by atoms with Crippen LogP contribution in [-0.2, 0) is 32.0 Å². The Morgan fingerprint density at radius 2 is 1.80 bits per heavy atom. The number of benzene rings is 2. The van der Waals surface area contributed by atoms with Gasteiger partial charge in [-0.3, -0.25) is 9.69 Å². The molecule has 2 amide bonds. The lowest BCUT2D eigenvalue weighted by atomic mass is 9.86. The van der Waals surface area contributed by atoms with Crippen molar-refractivity contribution in [3.63, 3.8) is 0 Å². The van der Waals surface area contributed by atoms with Crippen LogP contribution in [0.15, 0.2) is 36.5 Å². The van der Waals surface area contributed by atoms with Gasteiger partial charge in [0.05, 0.1) is 19.3 Å². The fraction of sp³-hybridized carbons (Fsp3) is 0.515. The molecular formula is C33H41N3O5. The predicted octanol–water partition coefficient (Wildman–Crippen LogP) is 5.76.